The fourth-order valence-corrected chi connectivity index (χ4v) is 2.99. The molecular formula is C20H21NO2. The molecule has 3 rings (SSSR count). The summed E-state index contributed by atoms with van der Waals surface area (Å²) in [7, 11) is 0. The molecule has 0 unspecified atom stereocenters. The lowest BCUT2D eigenvalue weighted by atomic mass is 9.99. The summed E-state index contributed by atoms with van der Waals surface area (Å²) in [6.45, 7) is 4.74. The quantitative estimate of drug-likeness (QED) is 0.784. The number of rotatable bonds is 5. The number of fused-ring (bicyclic) bond motifs is 1. The van der Waals surface area contributed by atoms with Crippen LogP contribution in [0.25, 0.3) is 0 Å². The van der Waals surface area contributed by atoms with E-state index in [9.17, 15) is 9.59 Å². The van der Waals surface area contributed by atoms with Gasteiger partial charge in [-0.3, -0.25) is 9.59 Å². The molecular weight excluding hydrogens is 286 g/mol. The van der Waals surface area contributed by atoms with Gasteiger partial charge in [-0.2, -0.15) is 0 Å². The molecule has 3 heteroatoms. The first-order valence-corrected chi connectivity index (χ1v) is 8.12. The van der Waals surface area contributed by atoms with E-state index in [4.69, 9.17) is 0 Å². The van der Waals surface area contributed by atoms with Crippen molar-refractivity contribution in [2.75, 3.05) is 11.4 Å². The number of benzene rings is 2. The second kappa shape index (κ2) is 6.37. The van der Waals surface area contributed by atoms with Gasteiger partial charge in [-0.25, -0.2) is 0 Å². The summed E-state index contributed by atoms with van der Waals surface area (Å²) in [5, 5.41) is 0. The van der Waals surface area contributed by atoms with Gasteiger partial charge in [0.05, 0.1) is 11.3 Å². The summed E-state index contributed by atoms with van der Waals surface area (Å²) >= 11 is 0. The number of aryl methyl sites for hydroxylation is 1. The SMILES string of the molecule is CC(C)c1ccc2c(c1)C(=O)C(=O)N2CCCc1ccccc1. The van der Waals surface area contributed by atoms with Crippen LogP contribution >= 0.6 is 0 Å². The monoisotopic (exact) mass is 307 g/mol. The summed E-state index contributed by atoms with van der Waals surface area (Å²) < 4.78 is 0. The van der Waals surface area contributed by atoms with Gasteiger partial charge in [0.15, 0.2) is 0 Å². The molecule has 1 amide bonds. The Morgan fingerprint density at radius 1 is 1.00 bits per heavy atom. The van der Waals surface area contributed by atoms with Crippen LogP contribution in [-0.4, -0.2) is 18.2 Å². The molecule has 1 aliphatic heterocycles. The highest BCUT2D eigenvalue weighted by molar-refractivity contribution is 6.52. The zero-order chi connectivity index (χ0) is 16.4. The highest BCUT2D eigenvalue weighted by Crippen LogP contribution is 2.31. The molecule has 118 valence electrons. The van der Waals surface area contributed by atoms with E-state index in [-0.39, 0.29) is 5.78 Å². The molecule has 0 N–H and O–H groups in total. The van der Waals surface area contributed by atoms with Crippen molar-refractivity contribution >= 4 is 17.4 Å². The van der Waals surface area contributed by atoms with Gasteiger partial charge in [-0.1, -0.05) is 50.2 Å². The molecule has 0 saturated carbocycles. The topological polar surface area (TPSA) is 37.4 Å². The van der Waals surface area contributed by atoms with Crippen molar-refractivity contribution in [3.63, 3.8) is 0 Å². The van der Waals surface area contributed by atoms with Gasteiger partial charge in [-0.05, 0) is 42.0 Å². The van der Waals surface area contributed by atoms with Crippen molar-refractivity contribution in [1.29, 1.82) is 0 Å². The van der Waals surface area contributed by atoms with Crippen molar-refractivity contribution in [2.24, 2.45) is 0 Å². The molecule has 0 aliphatic carbocycles. The molecule has 0 spiro atoms. The lowest BCUT2D eigenvalue weighted by Crippen LogP contribution is -2.30. The van der Waals surface area contributed by atoms with Gasteiger partial charge >= 0.3 is 0 Å². The first-order valence-electron chi connectivity index (χ1n) is 8.12. The molecule has 3 nitrogen and oxygen atoms in total. The third kappa shape index (κ3) is 3.04. The zero-order valence-electron chi connectivity index (χ0n) is 13.6. The van der Waals surface area contributed by atoms with Crippen LogP contribution in [0.15, 0.2) is 48.5 Å². The molecule has 0 atom stereocenters. The minimum absolute atomic E-state index is 0.343. The summed E-state index contributed by atoms with van der Waals surface area (Å²) in [6.07, 6.45) is 1.74. The molecule has 1 aliphatic rings. The van der Waals surface area contributed by atoms with Gasteiger partial charge in [0.2, 0.25) is 0 Å². The minimum Gasteiger partial charge on any atom is -0.305 e. The van der Waals surface area contributed by atoms with Gasteiger partial charge in [-0.15, -0.1) is 0 Å². The van der Waals surface area contributed by atoms with Gasteiger partial charge in [0, 0.05) is 6.54 Å². The van der Waals surface area contributed by atoms with E-state index in [0.717, 1.165) is 24.1 Å². The molecule has 0 radical (unpaired) electrons. The van der Waals surface area contributed by atoms with Crippen LogP contribution in [-0.2, 0) is 11.2 Å². The molecule has 0 fully saturated rings. The highest BCUT2D eigenvalue weighted by atomic mass is 16.2. The van der Waals surface area contributed by atoms with E-state index in [1.54, 1.807) is 4.90 Å². The lowest BCUT2D eigenvalue weighted by Gasteiger charge is -2.17. The number of hydrogen-bond donors (Lipinski definition) is 0. The number of amides is 1. The maximum Gasteiger partial charge on any atom is 0.299 e. The number of anilines is 1. The summed E-state index contributed by atoms with van der Waals surface area (Å²) in [4.78, 5) is 26.1. The van der Waals surface area contributed by atoms with E-state index < -0.39 is 5.91 Å². The Morgan fingerprint density at radius 2 is 1.74 bits per heavy atom. The molecule has 2 aromatic carbocycles. The summed E-state index contributed by atoms with van der Waals surface area (Å²) in [5.74, 6) is -0.425. The van der Waals surface area contributed by atoms with Crippen LogP contribution < -0.4 is 4.90 Å². The average Bonchev–Trinajstić information content (AvgIpc) is 2.80. The van der Waals surface area contributed by atoms with E-state index in [0.29, 0.717) is 18.0 Å². The van der Waals surface area contributed by atoms with Crippen LogP contribution in [0.1, 0.15) is 47.7 Å². The summed E-state index contributed by atoms with van der Waals surface area (Å²) in [6, 6.07) is 16.0. The van der Waals surface area contributed by atoms with Gasteiger partial charge in [0.1, 0.15) is 0 Å². The molecule has 0 aromatic heterocycles. The van der Waals surface area contributed by atoms with Crippen molar-refractivity contribution < 1.29 is 9.59 Å². The van der Waals surface area contributed by atoms with E-state index in [1.165, 1.54) is 5.56 Å². The molecule has 1 heterocycles. The Bertz CT molecular complexity index is 735. The van der Waals surface area contributed by atoms with E-state index in [2.05, 4.69) is 26.0 Å². The van der Waals surface area contributed by atoms with Crippen LogP contribution in [0.3, 0.4) is 0 Å². The Hall–Kier alpha value is -2.42. The number of hydrogen-bond acceptors (Lipinski definition) is 2. The Labute approximate surface area is 136 Å². The summed E-state index contributed by atoms with van der Waals surface area (Å²) in [5.41, 5.74) is 3.66. The van der Waals surface area contributed by atoms with Crippen molar-refractivity contribution in [3.8, 4) is 0 Å². The third-order valence-corrected chi connectivity index (χ3v) is 4.35. The van der Waals surface area contributed by atoms with Crippen molar-refractivity contribution in [1.82, 2.24) is 0 Å². The number of carbonyl (C=O) groups excluding carboxylic acids is 2. The first-order chi connectivity index (χ1) is 11.1. The number of ketones is 1. The largest absolute Gasteiger partial charge is 0.305 e. The van der Waals surface area contributed by atoms with Crippen molar-refractivity contribution in [3.05, 3.63) is 65.2 Å². The van der Waals surface area contributed by atoms with Crippen molar-refractivity contribution in [2.45, 2.75) is 32.6 Å². The lowest BCUT2D eigenvalue weighted by molar-refractivity contribution is -0.114. The predicted octanol–water partition coefficient (Wildman–Crippen LogP) is 3.97. The molecule has 23 heavy (non-hydrogen) atoms. The first kappa shape index (κ1) is 15.5. The van der Waals surface area contributed by atoms with E-state index >= 15 is 0 Å². The Morgan fingerprint density at radius 3 is 2.43 bits per heavy atom. The Balaban J connectivity index is 1.74. The minimum atomic E-state index is -0.394. The van der Waals surface area contributed by atoms with E-state index in [1.807, 2.05) is 36.4 Å². The molecule has 2 aromatic rings. The van der Waals surface area contributed by atoms with Crippen LogP contribution in [0.5, 0.6) is 0 Å². The zero-order valence-corrected chi connectivity index (χ0v) is 13.6. The smallest absolute Gasteiger partial charge is 0.299 e. The van der Waals surface area contributed by atoms with Crippen LogP contribution in [0.4, 0.5) is 5.69 Å². The Kier molecular flexibility index (Phi) is 4.28. The predicted molar refractivity (Wildman–Crippen MR) is 92.0 cm³/mol. The molecule has 0 saturated heterocycles. The fraction of sp³-hybridized carbons (Fsp3) is 0.300. The standard InChI is InChI=1S/C20H21NO2/c1-14(2)16-10-11-18-17(13-16)19(22)20(23)21(18)12-6-9-15-7-4-3-5-8-15/h3-5,7-8,10-11,13-14H,6,9,12H2,1-2H3. The fourth-order valence-electron chi connectivity index (χ4n) is 2.99. The van der Waals surface area contributed by atoms with Gasteiger partial charge in [0.25, 0.3) is 11.7 Å². The average molecular weight is 307 g/mol. The second-order valence-corrected chi connectivity index (χ2v) is 6.31. The normalized spacial score (nSPS) is 13.8. The van der Waals surface area contributed by atoms with Gasteiger partial charge < -0.3 is 4.90 Å². The van der Waals surface area contributed by atoms with Crippen LogP contribution in [0, 0.1) is 0 Å². The highest BCUT2D eigenvalue weighted by Gasteiger charge is 2.35. The third-order valence-electron chi connectivity index (χ3n) is 4.35. The number of carbonyl (C=O) groups is 2. The second-order valence-electron chi connectivity index (χ2n) is 6.31. The van der Waals surface area contributed by atoms with Crippen LogP contribution in [0.2, 0.25) is 0 Å². The maximum absolute atomic E-state index is 12.3. The number of nitrogens with zero attached hydrogens (tertiary/aromatic N) is 1. The molecule has 0 bridgehead atoms. The number of Topliss-reactive ketones (excluding diaryl/α,β-unsaturated/α-hetero) is 1. The maximum atomic E-state index is 12.3.